The highest BCUT2D eigenvalue weighted by Gasteiger charge is 2.30. The van der Waals surface area contributed by atoms with Crippen LogP contribution in [0.5, 0.6) is 0 Å². The van der Waals surface area contributed by atoms with Crippen LogP contribution < -0.4 is 5.32 Å². The number of rotatable bonds is 54. The molecule has 3 unspecified atom stereocenters. The summed E-state index contributed by atoms with van der Waals surface area (Å²) in [6.45, 7) is 6.82. The molecule has 0 saturated heterocycles. The van der Waals surface area contributed by atoms with Crippen LogP contribution in [0, 0.1) is 0 Å². The predicted molar refractivity (Wildman–Crippen MR) is 323 cm³/mol. The van der Waals surface area contributed by atoms with Crippen molar-refractivity contribution in [2.75, 3.05) is 40.9 Å². The molecule has 9 nitrogen and oxygen atoms in total. The van der Waals surface area contributed by atoms with E-state index in [1.165, 1.54) is 103 Å². The molecule has 0 aromatic rings. The van der Waals surface area contributed by atoms with Crippen molar-refractivity contribution >= 4 is 19.7 Å². The summed E-state index contributed by atoms with van der Waals surface area (Å²) in [5.74, 6) is -0.545. The van der Waals surface area contributed by atoms with E-state index in [0.717, 1.165) is 116 Å². The van der Waals surface area contributed by atoms with Gasteiger partial charge in [0.25, 0.3) is 0 Å². The van der Waals surface area contributed by atoms with Crippen LogP contribution in [-0.2, 0) is 27.9 Å². The number of hydrogen-bond donors (Lipinski definition) is 2. The minimum atomic E-state index is -4.46. The molecule has 0 bridgehead atoms. The van der Waals surface area contributed by atoms with Crippen LogP contribution in [0.15, 0.2) is 97.2 Å². The van der Waals surface area contributed by atoms with Crippen LogP contribution in [0.3, 0.4) is 0 Å². The van der Waals surface area contributed by atoms with Gasteiger partial charge >= 0.3 is 13.8 Å². The topological polar surface area (TPSA) is 111 Å². The highest BCUT2D eigenvalue weighted by molar-refractivity contribution is 7.47. The molecule has 2 N–H and O–H groups in total. The minimum Gasteiger partial charge on any atom is -0.456 e. The maximum Gasteiger partial charge on any atom is 0.472 e. The van der Waals surface area contributed by atoms with Crippen molar-refractivity contribution in [2.45, 2.75) is 264 Å². The van der Waals surface area contributed by atoms with Crippen LogP contribution in [0.1, 0.15) is 252 Å². The van der Waals surface area contributed by atoms with Crippen LogP contribution in [0.2, 0.25) is 0 Å². The van der Waals surface area contributed by atoms with E-state index < -0.39 is 20.0 Å². The minimum absolute atomic E-state index is 0.0294. The fourth-order valence-electron chi connectivity index (χ4n) is 8.33. The van der Waals surface area contributed by atoms with Crippen LogP contribution in [0.4, 0.5) is 0 Å². The monoisotopic (exact) mass is 1070 g/mol. The Morgan fingerprint density at radius 1 is 0.493 bits per heavy atom. The number of carbonyl (C=O) groups excluding carboxylic acids is 2. The first-order chi connectivity index (χ1) is 36.4. The van der Waals surface area contributed by atoms with Crippen molar-refractivity contribution in [2.24, 2.45) is 0 Å². The van der Waals surface area contributed by atoms with Crippen LogP contribution >= 0.6 is 7.82 Å². The van der Waals surface area contributed by atoms with E-state index >= 15 is 0 Å². The third-order valence-electron chi connectivity index (χ3n) is 13.1. The molecule has 0 fully saturated rings. The van der Waals surface area contributed by atoms with E-state index in [2.05, 4.69) is 111 Å². The Kier molecular flexibility index (Phi) is 52.1. The Bertz CT molecular complexity index is 1610. The molecular weight excluding hydrogens is 952 g/mol. The first-order valence-corrected chi connectivity index (χ1v) is 32.1. The van der Waals surface area contributed by atoms with E-state index in [1.54, 1.807) is 0 Å². The average molecular weight is 1070 g/mol. The SMILES string of the molecule is CC/C=C/C=C/C=C\CCCCCCCC(=O)NC(COP(=O)(O)OCC[N+](C)(C)C)C(/C=C\CCCCCCCCCCCCC)OC(=O)CCCCCCCCC/C=C\C/C=C\C/C=C\C/C=C\CCCCC. The van der Waals surface area contributed by atoms with Gasteiger partial charge in [-0.05, 0) is 96.0 Å². The van der Waals surface area contributed by atoms with Gasteiger partial charge in [-0.3, -0.25) is 18.6 Å². The number of esters is 1. The van der Waals surface area contributed by atoms with Gasteiger partial charge in [-0.25, -0.2) is 4.57 Å². The largest absolute Gasteiger partial charge is 0.472 e. The Morgan fingerprint density at radius 3 is 1.41 bits per heavy atom. The highest BCUT2D eigenvalue weighted by atomic mass is 31.2. The molecule has 0 spiro atoms. The predicted octanol–water partition coefficient (Wildman–Crippen LogP) is 18.8. The number of quaternary nitrogens is 1. The Morgan fingerprint density at radius 2 is 0.907 bits per heavy atom. The van der Waals surface area contributed by atoms with Gasteiger partial charge in [0.1, 0.15) is 19.3 Å². The fourth-order valence-corrected chi connectivity index (χ4v) is 9.07. The molecule has 0 heterocycles. The lowest BCUT2D eigenvalue weighted by atomic mass is 10.0. The van der Waals surface area contributed by atoms with E-state index in [1.807, 2.05) is 33.3 Å². The summed E-state index contributed by atoms with van der Waals surface area (Å²) in [4.78, 5) is 37.7. The number of phosphoric ester groups is 1. The van der Waals surface area contributed by atoms with Crippen molar-refractivity contribution in [3.63, 3.8) is 0 Å². The first kappa shape index (κ1) is 71.9. The molecule has 0 rings (SSSR count). The van der Waals surface area contributed by atoms with Crippen LogP contribution in [0.25, 0.3) is 0 Å². The number of hydrogen-bond acceptors (Lipinski definition) is 6. The number of amides is 1. The van der Waals surface area contributed by atoms with Gasteiger partial charge in [0.05, 0.1) is 33.8 Å². The second-order valence-electron chi connectivity index (χ2n) is 21.6. The number of ether oxygens (including phenoxy) is 1. The average Bonchev–Trinajstić information content (AvgIpc) is 3.37. The van der Waals surface area contributed by atoms with E-state index in [0.29, 0.717) is 17.4 Å². The lowest BCUT2D eigenvalue weighted by molar-refractivity contribution is -0.870. The number of nitrogens with zero attached hydrogens (tertiary/aromatic N) is 1. The lowest BCUT2D eigenvalue weighted by Crippen LogP contribution is -2.47. The van der Waals surface area contributed by atoms with Crippen molar-refractivity contribution in [3.05, 3.63) is 97.2 Å². The zero-order valence-corrected chi connectivity index (χ0v) is 50.2. The zero-order chi connectivity index (χ0) is 55.0. The van der Waals surface area contributed by atoms with Gasteiger partial charge in [0.2, 0.25) is 5.91 Å². The van der Waals surface area contributed by atoms with Crippen LogP contribution in [-0.4, -0.2) is 74.3 Å². The molecule has 0 aliphatic rings. The van der Waals surface area contributed by atoms with Gasteiger partial charge in [-0.1, -0.05) is 240 Å². The highest BCUT2D eigenvalue weighted by Crippen LogP contribution is 2.43. The van der Waals surface area contributed by atoms with Gasteiger partial charge in [-0.2, -0.15) is 0 Å². The summed E-state index contributed by atoms with van der Waals surface area (Å²) in [7, 11) is 1.46. The number of carbonyl (C=O) groups is 2. The molecule has 75 heavy (non-hydrogen) atoms. The third kappa shape index (κ3) is 55.5. The zero-order valence-electron chi connectivity index (χ0n) is 49.3. The summed E-state index contributed by atoms with van der Waals surface area (Å²) >= 11 is 0. The second-order valence-corrected chi connectivity index (χ2v) is 23.0. The normalized spacial score (nSPS) is 14.4. The molecule has 432 valence electrons. The molecule has 0 aromatic carbocycles. The van der Waals surface area contributed by atoms with Gasteiger partial charge in [0, 0.05) is 12.8 Å². The first-order valence-electron chi connectivity index (χ1n) is 30.6. The van der Waals surface area contributed by atoms with Gasteiger partial charge < -0.3 is 19.4 Å². The Hall–Kier alpha value is -3.07. The molecule has 0 aromatic heterocycles. The standard InChI is InChI=1S/C65H115N2O7P/c1-7-10-13-16-19-22-25-28-29-30-31-32-33-34-35-36-37-40-43-46-49-52-55-58-65(69)74-63(56-53-50-47-44-41-38-26-23-20-17-14-11-8-2)62(61-73-75(70,71)72-60-59-67(4,5)6)66-64(68)57-54-51-48-45-42-39-27-24-21-18-15-12-9-3/h12,15,18-19,21-22,24,27-29,31-32,34-35,53,56,62-63H,7-11,13-14,16-17,20,23,25-26,30,33,36-52,54-55,57-61H2,1-6H3,(H-,66,68,70,71)/p+1/b15-12+,21-18+,22-19-,27-24-,29-28-,32-31-,35-34-,56-53-. The van der Waals surface area contributed by atoms with Crippen molar-refractivity contribution < 1.29 is 37.3 Å². The van der Waals surface area contributed by atoms with E-state index in [4.69, 9.17) is 13.8 Å². The summed E-state index contributed by atoms with van der Waals surface area (Å²) in [5.41, 5.74) is 0. The third-order valence-corrected chi connectivity index (χ3v) is 14.1. The molecule has 0 aliphatic heterocycles. The van der Waals surface area contributed by atoms with Crippen molar-refractivity contribution in [1.82, 2.24) is 5.32 Å². The number of phosphoric acid groups is 1. The molecule has 3 atom stereocenters. The second kappa shape index (κ2) is 54.3. The number of allylic oxidation sites excluding steroid dienone is 15. The quantitative estimate of drug-likeness (QED) is 0.0156. The molecular formula is C65H116N2O7P+. The number of unbranched alkanes of at least 4 members (excludes halogenated alkanes) is 26. The Balaban J connectivity index is 5.28. The van der Waals surface area contributed by atoms with E-state index in [9.17, 15) is 19.0 Å². The van der Waals surface area contributed by atoms with Crippen molar-refractivity contribution in [3.8, 4) is 0 Å². The maximum absolute atomic E-state index is 13.5. The summed E-state index contributed by atoms with van der Waals surface area (Å²) < 4.78 is 30.6. The summed E-state index contributed by atoms with van der Waals surface area (Å²) in [5, 5.41) is 3.04. The smallest absolute Gasteiger partial charge is 0.456 e. The maximum atomic E-state index is 13.5. The molecule has 1 amide bonds. The summed E-state index contributed by atoms with van der Waals surface area (Å²) in [6, 6.07) is -0.869. The molecule has 0 radical (unpaired) electrons. The number of nitrogens with one attached hydrogen (secondary N) is 1. The molecule has 10 heteroatoms. The summed E-state index contributed by atoms with van der Waals surface area (Å²) in [6.07, 6.45) is 72.6. The van der Waals surface area contributed by atoms with E-state index in [-0.39, 0.29) is 31.5 Å². The Labute approximate surface area is 462 Å². The molecule has 0 aliphatic carbocycles. The van der Waals surface area contributed by atoms with Gasteiger partial charge in [0.15, 0.2) is 0 Å². The number of likely N-dealkylation sites (N-methyl/N-ethyl adjacent to an activating group) is 1. The van der Waals surface area contributed by atoms with Gasteiger partial charge in [-0.15, -0.1) is 0 Å². The fraction of sp³-hybridized carbons (Fsp3) is 0.723. The molecule has 0 saturated carbocycles. The lowest BCUT2D eigenvalue weighted by Gasteiger charge is -2.27. The van der Waals surface area contributed by atoms with Crippen molar-refractivity contribution in [1.29, 1.82) is 0 Å².